The summed E-state index contributed by atoms with van der Waals surface area (Å²) in [6.45, 7) is 1.81. The number of aromatic nitrogens is 1. The van der Waals surface area contributed by atoms with Crippen molar-refractivity contribution in [3.8, 4) is 11.3 Å². The van der Waals surface area contributed by atoms with Gasteiger partial charge in [-0.2, -0.15) is 0 Å². The first kappa shape index (κ1) is 10.8. The molecule has 0 aliphatic carbocycles. The Hall–Kier alpha value is -1.74. The van der Waals surface area contributed by atoms with Crippen LogP contribution in [0.3, 0.4) is 0 Å². The Morgan fingerprint density at radius 1 is 1.19 bits per heavy atom. The smallest absolute Gasteiger partial charge is 0.283 e. The molecule has 16 heavy (non-hydrogen) atoms. The molecule has 1 heterocycles. The number of hydrogen-bond acceptors (Lipinski definition) is 2. The number of hydrogen-bond donors (Lipinski definition) is 1. The van der Waals surface area contributed by atoms with Crippen LogP contribution in [-0.4, -0.2) is 9.94 Å². The van der Waals surface area contributed by atoms with E-state index in [0.29, 0.717) is 15.4 Å². The van der Waals surface area contributed by atoms with Crippen LogP contribution in [0.1, 0.15) is 5.56 Å². The van der Waals surface area contributed by atoms with Crippen molar-refractivity contribution in [2.75, 3.05) is 0 Å². The third kappa shape index (κ3) is 1.95. The average molecular weight is 236 g/mol. The van der Waals surface area contributed by atoms with Gasteiger partial charge >= 0.3 is 0 Å². The summed E-state index contributed by atoms with van der Waals surface area (Å²) in [6.07, 6.45) is 0. The van der Waals surface area contributed by atoms with Gasteiger partial charge in [0.1, 0.15) is 0 Å². The topological polar surface area (TPSA) is 42.2 Å². The largest absolute Gasteiger partial charge is 0.425 e. The van der Waals surface area contributed by atoms with Crippen molar-refractivity contribution in [1.29, 1.82) is 0 Å². The van der Waals surface area contributed by atoms with E-state index in [1.807, 2.05) is 0 Å². The van der Waals surface area contributed by atoms with Crippen molar-refractivity contribution in [3.05, 3.63) is 57.3 Å². The molecule has 4 heteroatoms. The van der Waals surface area contributed by atoms with E-state index in [-0.39, 0.29) is 0 Å². The first-order valence-corrected chi connectivity index (χ1v) is 5.14. The van der Waals surface area contributed by atoms with E-state index in [4.69, 9.17) is 11.6 Å². The molecule has 0 saturated heterocycles. The summed E-state index contributed by atoms with van der Waals surface area (Å²) in [6, 6.07) is 10.0. The summed E-state index contributed by atoms with van der Waals surface area (Å²) < 4.78 is 0.635. The van der Waals surface area contributed by atoms with Gasteiger partial charge in [0.2, 0.25) is 0 Å². The molecule has 82 valence electrons. The van der Waals surface area contributed by atoms with Crippen LogP contribution in [0.15, 0.2) is 41.2 Å². The Morgan fingerprint density at radius 3 is 2.44 bits per heavy atom. The molecular formula is C12H10ClNO2. The lowest BCUT2D eigenvalue weighted by Crippen LogP contribution is -2.18. The molecule has 1 aromatic heterocycles. The fourth-order valence-corrected chi connectivity index (χ4v) is 1.65. The van der Waals surface area contributed by atoms with Gasteiger partial charge in [-0.05, 0) is 30.7 Å². The zero-order valence-corrected chi connectivity index (χ0v) is 9.40. The van der Waals surface area contributed by atoms with Crippen LogP contribution >= 0.6 is 11.6 Å². The zero-order chi connectivity index (χ0) is 11.7. The Balaban J connectivity index is 2.64. The first-order valence-electron chi connectivity index (χ1n) is 4.77. The second kappa shape index (κ2) is 4.02. The van der Waals surface area contributed by atoms with Crippen molar-refractivity contribution in [2.24, 2.45) is 0 Å². The number of rotatable bonds is 1. The Kier molecular flexibility index (Phi) is 2.71. The van der Waals surface area contributed by atoms with Crippen LogP contribution in [-0.2, 0) is 0 Å². The third-order valence-corrected chi connectivity index (χ3v) is 2.54. The second-order valence-electron chi connectivity index (χ2n) is 3.57. The van der Waals surface area contributed by atoms with Crippen LogP contribution in [0.25, 0.3) is 11.3 Å². The molecule has 0 aliphatic heterocycles. The predicted molar refractivity (Wildman–Crippen MR) is 63.1 cm³/mol. The molecule has 1 aromatic carbocycles. The van der Waals surface area contributed by atoms with Gasteiger partial charge in [0.15, 0.2) is 0 Å². The molecule has 0 fully saturated rings. The molecule has 0 radical (unpaired) electrons. The number of nitrogens with zero attached hydrogens (tertiary/aromatic N) is 1. The highest BCUT2D eigenvalue weighted by atomic mass is 35.5. The van der Waals surface area contributed by atoms with E-state index in [9.17, 15) is 10.0 Å². The summed E-state index contributed by atoms with van der Waals surface area (Å²) in [5.74, 6) is 0. The fraction of sp³-hybridized carbons (Fsp3) is 0.0833. The highest BCUT2D eigenvalue weighted by molar-refractivity contribution is 6.30. The zero-order valence-electron chi connectivity index (χ0n) is 8.64. The lowest BCUT2D eigenvalue weighted by Gasteiger charge is -2.07. The number of pyridine rings is 1. The molecule has 0 amide bonds. The second-order valence-corrected chi connectivity index (χ2v) is 4.01. The van der Waals surface area contributed by atoms with Gasteiger partial charge < -0.3 is 5.21 Å². The number of aryl methyl sites for hydroxylation is 1. The van der Waals surface area contributed by atoms with Crippen LogP contribution in [0.4, 0.5) is 0 Å². The van der Waals surface area contributed by atoms with Crippen LogP contribution in [0, 0.1) is 6.92 Å². The van der Waals surface area contributed by atoms with E-state index < -0.39 is 5.56 Å². The molecule has 2 aromatic rings. The van der Waals surface area contributed by atoms with Crippen LogP contribution in [0.2, 0.25) is 5.02 Å². The molecule has 0 saturated carbocycles. The average Bonchev–Trinajstić information content (AvgIpc) is 2.25. The van der Waals surface area contributed by atoms with E-state index in [1.54, 1.807) is 37.3 Å². The number of halogens is 1. The maximum Gasteiger partial charge on any atom is 0.283 e. The summed E-state index contributed by atoms with van der Waals surface area (Å²) in [4.78, 5) is 11.4. The van der Waals surface area contributed by atoms with Crippen LogP contribution in [0.5, 0.6) is 0 Å². The fourth-order valence-electron chi connectivity index (χ4n) is 1.52. The molecule has 1 N–H and O–H groups in total. The minimum Gasteiger partial charge on any atom is -0.425 e. The number of benzene rings is 1. The normalized spacial score (nSPS) is 10.4. The highest BCUT2D eigenvalue weighted by Gasteiger charge is 2.06. The predicted octanol–water partition coefficient (Wildman–Crippen LogP) is 2.71. The van der Waals surface area contributed by atoms with Gasteiger partial charge in [-0.15, -0.1) is 4.73 Å². The van der Waals surface area contributed by atoms with Crippen molar-refractivity contribution in [3.63, 3.8) is 0 Å². The van der Waals surface area contributed by atoms with E-state index in [1.165, 1.54) is 6.07 Å². The quantitative estimate of drug-likeness (QED) is 0.773. The van der Waals surface area contributed by atoms with Gasteiger partial charge in [0, 0.05) is 16.7 Å². The lowest BCUT2D eigenvalue weighted by atomic mass is 10.1. The Bertz CT molecular complexity index is 573. The summed E-state index contributed by atoms with van der Waals surface area (Å²) >= 11 is 5.77. The van der Waals surface area contributed by atoms with Crippen molar-refractivity contribution in [1.82, 2.24) is 4.73 Å². The summed E-state index contributed by atoms with van der Waals surface area (Å²) in [7, 11) is 0. The monoisotopic (exact) mass is 235 g/mol. The van der Waals surface area contributed by atoms with Crippen molar-refractivity contribution >= 4 is 11.6 Å². The standard InChI is InChI=1S/C12H10ClNO2/c1-8-6-11(14(16)12(15)7-8)9-2-4-10(13)5-3-9/h2-7,16H,1H3. The van der Waals surface area contributed by atoms with Crippen LogP contribution < -0.4 is 5.56 Å². The van der Waals surface area contributed by atoms with Gasteiger partial charge in [0.25, 0.3) is 5.56 Å². The summed E-state index contributed by atoms with van der Waals surface area (Å²) in [5.41, 5.74) is 1.57. The molecule has 0 atom stereocenters. The Morgan fingerprint density at radius 2 is 1.81 bits per heavy atom. The maximum atomic E-state index is 11.4. The highest BCUT2D eigenvalue weighted by Crippen LogP contribution is 2.20. The maximum absolute atomic E-state index is 11.4. The molecule has 0 bridgehead atoms. The Labute approximate surface area is 97.5 Å². The van der Waals surface area contributed by atoms with Crippen molar-refractivity contribution < 1.29 is 5.21 Å². The molecule has 0 spiro atoms. The summed E-state index contributed by atoms with van der Waals surface area (Å²) in [5, 5.41) is 10.2. The van der Waals surface area contributed by atoms with Gasteiger partial charge in [-0.3, -0.25) is 4.79 Å². The minimum atomic E-state index is -0.440. The molecule has 2 rings (SSSR count). The molecule has 0 aliphatic rings. The first-order chi connectivity index (χ1) is 7.58. The third-order valence-electron chi connectivity index (χ3n) is 2.29. The van der Waals surface area contributed by atoms with Gasteiger partial charge in [0.05, 0.1) is 5.69 Å². The lowest BCUT2D eigenvalue weighted by molar-refractivity contribution is 0.179. The minimum absolute atomic E-state index is 0.440. The molecule has 3 nitrogen and oxygen atoms in total. The SMILES string of the molecule is Cc1cc(-c2ccc(Cl)cc2)n(O)c(=O)c1. The van der Waals surface area contributed by atoms with Gasteiger partial charge in [-0.25, -0.2) is 0 Å². The molecular weight excluding hydrogens is 226 g/mol. The van der Waals surface area contributed by atoms with Gasteiger partial charge in [-0.1, -0.05) is 23.7 Å². The molecule has 0 unspecified atom stereocenters. The van der Waals surface area contributed by atoms with E-state index >= 15 is 0 Å². The van der Waals surface area contributed by atoms with Crippen molar-refractivity contribution in [2.45, 2.75) is 6.92 Å². The van der Waals surface area contributed by atoms with E-state index in [0.717, 1.165) is 11.1 Å². The van der Waals surface area contributed by atoms with E-state index in [2.05, 4.69) is 0 Å².